The molecule has 1 atom stereocenters. The second-order valence-corrected chi connectivity index (χ2v) is 8.63. The molecule has 146 valence electrons. The minimum absolute atomic E-state index is 0.0140. The molecule has 0 bridgehead atoms. The smallest absolute Gasteiger partial charge is 0.260 e. The summed E-state index contributed by atoms with van der Waals surface area (Å²) in [6.07, 6.45) is 5.28. The Morgan fingerprint density at radius 3 is 2.81 bits per heavy atom. The molecule has 0 radical (unpaired) electrons. The van der Waals surface area contributed by atoms with Gasteiger partial charge < -0.3 is 14.5 Å². The Bertz CT molecular complexity index is 743. The van der Waals surface area contributed by atoms with Gasteiger partial charge in [-0.2, -0.15) is 0 Å². The fourth-order valence-electron chi connectivity index (χ4n) is 4.51. The van der Waals surface area contributed by atoms with E-state index in [2.05, 4.69) is 4.90 Å². The van der Waals surface area contributed by atoms with Gasteiger partial charge in [-0.25, -0.2) is 0 Å². The van der Waals surface area contributed by atoms with Crippen LogP contribution in [0.2, 0.25) is 0 Å². The summed E-state index contributed by atoms with van der Waals surface area (Å²) in [4.78, 5) is 29.7. The van der Waals surface area contributed by atoms with Crippen LogP contribution in [0.15, 0.2) is 18.2 Å². The Hall–Kier alpha value is -2.04. The van der Waals surface area contributed by atoms with Gasteiger partial charge in [0.05, 0.1) is 5.41 Å². The Balaban J connectivity index is 1.36. The van der Waals surface area contributed by atoms with Crippen molar-refractivity contribution in [2.24, 2.45) is 11.3 Å². The number of carbonyl (C=O) groups is 2. The molecular weight excluding hydrogens is 340 g/mol. The third-order valence-corrected chi connectivity index (χ3v) is 6.61. The van der Waals surface area contributed by atoms with E-state index in [1.54, 1.807) is 0 Å². The predicted molar refractivity (Wildman–Crippen MR) is 104 cm³/mol. The zero-order valence-electron chi connectivity index (χ0n) is 16.5. The molecule has 1 aromatic carbocycles. The van der Waals surface area contributed by atoms with Gasteiger partial charge in [0.1, 0.15) is 5.75 Å². The molecule has 2 saturated heterocycles. The molecule has 5 nitrogen and oxygen atoms in total. The van der Waals surface area contributed by atoms with E-state index < -0.39 is 0 Å². The topological polar surface area (TPSA) is 49.9 Å². The molecule has 2 heterocycles. The minimum atomic E-state index is -0.345. The Kier molecular flexibility index (Phi) is 4.87. The number of likely N-dealkylation sites (tertiary alicyclic amines) is 2. The number of hydrogen-bond acceptors (Lipinski definition) is 3. The van der Waals surface area contributed by atoms with E-state index in [1.165, 1.54) is 12.8 Å². The van der Waals surface area contributed by atoms with E-state index >= 15 is 0 Å². The van der Waals surface area contributed by atoms with Crippen molar-refractivity contribution in [2.75, 3.05) is 32.8 Å². The van der Waals surface area contributed by atoms with Crippen molar-refractivity contribution in [3.8, 4) is 5.75 Å². The van der Waals surface area contributed by atoms with E-state index in [0.717, 1.165) is 49.2 Å². The summed E-state index contributed by atoms with van der Waals surface area (Å²) >= 11 is 0. The van der Waals surface area contributed by atoms with Crippen LogP contribution in [0.5, 0.6) is 5.75 Å². The SMILES string of the molecule is Cc1cccc(OCC(=O)N2CC[C@]3(CCCN(CC4CC4)C3=O)C2)c1C. The number of carbonyl (C=O) groups excluding carboxylic acids is 2. The highest BCUT2D eigenvalue weighted by Crippen LogP contribution is 2.41. The highest BCUT2D eigenvalue weighted by atomic mass is 16.5. The number of aryl methyl sites for hydroxylation is 1. The van der Waals surface area contributed by atoms with Gasteiger partial charge in [-0.3, -0.25) is 9.59 Å². The molecule has 1 aliphatic carbocycles. The molecule has 5 heteroatoms. The first-order valence-corrected chi connectivity index (χ1v) is 10.2. The molecule has 1 aromatic rings. The molecule has 1 spiro atoms. The quantitative estimate of drug-likeness (QED) is 0.801. The second kappa shape index (κ2) is 7.17. The molecule has 27 heavy (non-hydrogen) atoms. The van der Waals surface area contributed by atoms with Crippen LogP contribution in [0.4, 0.5) is 0 Å². The maximum atomic E-state index is 13.1. The van der Waals surface area contributed by atoms with Gasteiger partial charge in [-0.05, 0) is 69.1 Å². The Labute approximate surface area is 161 Å². The van der Waals surface area contributed by atoms with Gasteiger partial charge in [0.25, 0.3) is 5.91 Å². The van der Waals surface area contributed by atoms with Crippen LogP contribution in [-0.2, 0) is 9.59 Å². The van der Waals surface area contributed by atoms with Crippen LogP contribution in [0.3, 0.4) is 0 Å². The molecule has 2 amide bonds. The van der Waals surface area contributed by atoms with E-state index in [-0.39, 0.29) is 23.8 Å². The normalized spacial score (nSPS) is 25.3. The average Bonchev–Trinajstić information content (AvgIpc) is 3.37. The second-order valence-electron chi connectivity index (χ2n) is 8.63. The van der Waals surface area contributed by atoms with Crippen LogP contribution in [0.1, 0.15) is 43.2 Å². The van der Waals surface area contributed by atoms with Crippen LogP contribution < -0.4 is 4.74 Å². The van der Waals surface area contributed by atoms with Crippen molar-refractivity contribution in [3.63, 3.8) is 0 Å². The van der Waals surface area contributed by atoms with E-state index in [9.17, 15) is 9.59 Å². The molecule has 4 rings (SSSR count). The minimum Gasteiger partial charge on any atom is -0.483 e. The fourth-order valence-corrected chi connectivity index (χ4v) is 4.51. The maximum Gasteiger partial charge on any atom is 0.260 e. The standard InChI is InChI=1S/C22H30N2O3/c1-16-5-3-6-19(17(16)2)27-14-20(25)24-12-10-22(15-24)9-4-11-23(21(22)26)13-18-7-8-18/h3,5-6,18H,4,7-15H2,1-2H3/t22-/m1/s1. The molecule has 3 aliphatic rings. The average molecular weight is 370 g/mol. The number of piperidine rings is 1. The fraction of sp³-hybridized carbons (Fsp3) is 0.636. The van der Waals surface area contributed by atoms with Crippen molar-refractivity contribution in [3.05, 3.63) is 29.3 Å². The lowest BCUT2D eigenvalue weighted by Gasteiger charge is -2.39. The lowest BCUT2D eigenvalue weighted by Crippen LogP contribution is -2.51. The van der Waals surface area contributed by atoms with Crippen LogP contribution >= 0.6 is 0 Å². The number of amides is 2. The van der Waals surface area contributed by atoms with Crippen molar-refractivity contribution in [1.29, 1.82) is 0 Å². The van der Waals surface area contributed by atoms with E-state index in [1.807, 2.05) is 36.9 Å². The van der Waals surface area contributed by atoms with Gasteiger partial charge in [0.15, 0.2) is 6.61 Å². The lowest BCUT2D eigenvalue weighted by atomic mass is 9.78. The number of benzene rings is 1. The number of rotatable bonds is 5. The third-order valence-electron chi connectivity index (χ3n) is 6.61. The first kappa shape index (κ1) is 18.3. The summed E-state index contributed by atoms with van der Waals surface area (Å²) in [6, 6.07) is 5.89. The Morgan fingerprint density at radius 1 is 1.22 bits per heavy atom. The van der Waals surface area contributed by atoms with Crippen LogP contribution in [0.25, 0.3) is 0 Å². The lowest BCUT2D eigenvalue weighted by molar-refractivity contribution is -0.146. The monoisotopic (exact) mass is 370 g/mol. The molecule has 0 unspecified atom stereocenters. The molecule has 2 aliphatic heterocycles. The summed E-state index contributed by atoms with van der Waals surface area (Å²) in [5.41, 5.74) is 1.88. The van der Waals surface area contributed by atoms with Gasteiger partial charge in [-0.15, -0.1) is 0 Å². The van der Waals surface area contributed by atoms with Gasteiger partial charge in [0, 0.05) is 26.2 Å². The maximum absolute atomic E-state index is 13.1. The van der Waals surface area contributed by atoms with Gasteiger partial charge in [0.2, 0.25) is 5.91 Å². The highest BCUT2D eigenvalue weighted by molar-refractivity contribution is 5.86. The van der Waals surface area contributed by atoms with Crippen molar-refractivity contribution in [1.82, 2.24) is 9.80 Å². The van der Waals surface area contributed by atoms with Crippen molar-refractivity contribution >= 4 is 11.8 Å². The summed E-state index contributed by atoms with van der Waals surface area (Å²) in [5.74, 6) is 1.75. The molecule has 1 saturated carbocycles. The first-order chi connectivity index (χ1) is 13.0. The number of hydrogen-bond donors (Lipinski definition) is 0. The number of ether oxygens (including phenoxy) is 1. The molecule has 3 fully saturated rings. The first-order valence-electron chi connectivity index (χ1n) is 10.2. The third kappa shape index (κ3) is 3.69. The van der Waals surface area contributed by atoms with Crippen molar-refractivity contribution < 1.29 is 14.3 Å². The summed E-state index contributed by atoms with van der Waals surface area (Å²) < 4.78 is 5.79. The van der Waals surface area contributed by atoms with Gasteiger partial charge >= 0.3 is 0 Å². The molecule has 0 N–H and O–H groups in total. The van der Waals surface area contributed by atoms with E-state index in [4.69, 9.17) is 4.74 Å². The number of nitrogens with zero attached hydrogens (tertiary/aromatic N) is 2. The van der Waals surface area contributed by atoms with Crippen LogP contribution in [0, 0.1) is 25.2 Å². The van der Waals surface area contributed by atoms with E-state index in [0.29, 0.717) is 19.0 Å². The zero-order valence-corrected chi connectivity index (χ0v) is 16.5. The summed E-state index contributed by atoms with van der Waals surface area (Å²) in [5, 5.41) is 0. The molecule has 0 aromatic heterocycles. The zero-order chi connectivity index (χ0) is 19.0. The largest absolute Gasteiger partial charge is 0.483 e. The van der Waals surface area contributed by atoms with Crippen molar-refractivity contribution in [2.45, 2.75) is 46.0 Å². The highest BCUT2D eigenvalue weighted by Gasteiger charge is 2.49. The Morgan fingerprint density at radius 2 is 2.04 bits per heavy atom. The summed E-state index contributed by atoms with van der Waals surface area (Å²) in [6.45, 7) is 7.12. The van der Waals surface area contributed by atoms with Crippen LogP contribution in [-0.4, -0.2) is 54.4 Å². The molecular formula is C22H30N2O3. The summed E-state index contributed by atoms with van der Waals surface area (Å²) in [7, 11) is 0. The predicted octanol–water partition coefficient (Wildman–Crippen LogP) is 2.93. The van der Waals surface area contributed by atoms with Gasteiger partial charge in [-0.1, -0.05) is 12.1 Å².